The molecule has 15 heavy (non-hydrogen) atoms. The Morgan fingerprint density at radius 1 is 1.13 bits per heavy atom. The Kier molecular flexibility index (Phi) is 3.25. The Morgan fingerprint density at radius 3 is 2.13 bits per heavy atom. The van der Waals surface area contributed by atoms with Gasteiger partial charge < -0.3 is 15.2 Å². The molecule has 0 spiro atoms. The Hall–Kier alpha value is -1.22. The van der Waals surface area contributed by atoms with Gasteiger partial charge in [0.1, 0.15) is 11.5 Å². The van der Waals surface area contributed by atoms with Crippen LogP contribution >= 0.6 is 0 Å². The van der Waals surface area contributed by atoms with E-state index in [-0.39, 0.29) is 0 Å². The smallest absolute Gasteiger partial charge is 0.127 e. The molecule has 0 amide bonds. The van der Waals surface area contributed by atoms with Gasteiger partial charge in [-0.3, -0.25) is 0 Å². The average Bonchev–Trinajstić information content (AvgIpc) is 2.14. The van der Waals surface area contributed by atoms with Crippen LogP contribution in [-0.2, 0) is 5.54 Å². The number of ether oxygens (including phenoxy) is 2. The highest BCUT2D eigenvalue weighted by Gasteiger charge is 2.22. The Morgan fingerprint density at radius 2 is 1.73 bits per heavy atom. The van der Waals surface area contributed by atoms with Crippen LogP contribution in [0.3, 0.4) is 0 Å². The van der Waals surface area contributed by atoms with Gasteiger partial charge in [-0.05, 0) is 32.4 Å². The molecule has 1 aromatic carbocycles. The van der Waals surface area contributed by atoms with Gasteiger partial charge in [0.15, 0.2) is 0 Å². The highest BCUT2D eigenvalue weighted by molar-refractivity contribution is 5.49. The van der Waals surface area contributed by atoms with Crippen LogP contribution in [0.1, 0.15) is 25.0 Å². The van der Waals surface area contributed by atoms with Crippen LogP contribution in [0.15, 0.2) is 12.1 Å². The number of nitrogens with two attached hydrogens (primary N) is 1. The molecule has 0 saturated carbocycles. The maximum Gasteiger partial charge on any atom is 0.127 e. The minimum absolute atomic E-state index is 0.415. The number of hydrogen-bond donors (Lipinski definition) is 1. The van der Waals surface area contributed by atoms with E-state index in [0.29, 0.717) is 0 Å². The van der Waals surface area contributed by atoms with Crippen molar-refractivity contribution in [2.24, 2.45) is 5.73 Å². The molecule has 0 aliphatic rings. The molecule has 0 aliphatic heterocycles. The maximum atomic E-state index is 6.10. The molecule has 2 N–H and O–H groups in total. The zero-order valence-corrected chi connectivity index (χ0v) is 10.0. The third kappa shape index (κ3) is 2.42. The molecule has 1 aromatic rings. The fourth-order valence-electron chi connectivity index (χ4n) is 1.83. The number of methoxy groups -OCH3 is 2. The third-order valence-electron chi connectivity index (χ3n) is 2.37. The summed E-state index contributed by atoms with van der Waals surface area (Å²) in [5, 5.41) is 0. The maximum absolute atomic E-state index is 6.10. The van der Waals surface area contributed by atoms with Crippen molar-refractivity contribution >= 4 is 0 Å². The van der Waals surface area contributed by atoms with Gasteiger partial charge in [0.05, 0.1) is 14.2 Å². The molecule has 0 bridgehead atoms. The van der Waals surface area contributed by atoms with Crippen LogP contribution in [-0.4, -0.2) is 14.2 Å². The molecule has 0 fully saturated rings. The first-order chi connectivity index (χ1) is 6.90. The molecule has 0 saturated heterocycles. The number of benzene rings is 1. The van der Waals surface area contributed by atoms with Gasteiger partial charge in [-0.1, -0.05) is 0 Å². The number of rotatable bonds is 3. The lowest BCUT2D eigenvalue weighted by Gasteiger charge is -2.24. The van der Waals surface area contributed by atoms with E-state index in [1.165, 1.54) is 0 Å². The largest absolute Gasteiger partial charge is 0.497 e. The quantitative estimate of drug-likeness (QED) is 0.830. The van der Waals surface area contributed by atoms with E-state index in [2.05, 4.69) is 0 Å². The molecule has 0 heterocycles. The minimum atomic E-state index is -0.415. The highest BCUT2D eigenvalue weighted by atomic mass is 16.5. The van der Waals surface area contributed by atoms with E-state index in [1.807, 2.05) is 32.9 Å². The molecule has 1 rings (SSSR count). The van der Waals surface area contributed by atoms with E-state index in [1.54, 1.807) is 14.2 Å². The molecule has 0 aliphatic carbocycles. The molecule has 3 heteroatoms. The van der Waals surface area contributed by atoms with Gasteiger partial charge in [-0.15, -0.1) is 0 Å². The molecule has 0 radical (unpaired) electrons. The highest BCUT2D eigenvalue weighted by Crippen LogP contribution is 2.34. The van der Waals surface area contributed by atoms with Crippen LogP contribution in [0, 0.1) is 6.92 Å². The van der Waals surface area contributed by atoms with Crippen molar-refractivity contribution in [2.75, 3.05) is 14.2 Å². The van der Waals surface area contributed by atoms with Gasteiger partial charge in [0.2, 0.25) is 0 Å². The van der Waals surface area contributed by atoms with Gasteiger partial charge in [-0.25, -0.2) is 0 Å². The van der Waals surface area contributed by atoms with Crippen molar-refractivity contribution < 1.29 is 9.47 Å². The second-order valence-electron chi connectivity index (χ2n) is 4.24. The molecule has 0 atom stereocenters. The van der Waals surface area contributed by atoms with E-state index in [9.17, 15) is 0 Å². The van der Waals surface area contributed by atoms with E-state index >= 15 is 0 Å². The van der Waals surface area contributed by atoms with Crippen LogP contribution < -0.4 is 15.2 Å². The van der Waals surface area contributed by atoms with E-state index in [4.69, 9.17) is 15.2 Å². The third-order valence-corrected chi connectivity index (χ3v) is 2.37. The summed E-state index contributed by atoms with van der Waals surface area (Å²) in [7, 11) is 3.28. The summed E-state index contributed by atoms with van der Waals surface area (Å²) in [5.74, 6) is 1.57. The number of aryl methyl sites for hydroxylation is 1. The van der Waals surface area contributed by atoms with Gasteiger partial charge in [0.25, 0.3) is 0 Å². The first kappa shape index (κ1) is 11.9. The lowest BCUT2D eigenvalue weighted by atomic mass is 9.90. The van der Waals surface area contributed by atoms with Crippen molar-refractivity contribution in [1.82, 2.24) is 0 Å². The topological polar surface area (TPSA) is 44.5 Å². The van der Waals surface area contributed by atoms with Crippen molar-refractivity contribution in [3.05, 3.63) is 23.3 Å². The molecular weight excluding hydrogens is 190 g/mol. The Bertz CT molecular complexity index is 353. The van der Waals surface area contributed by atoms with Crippen molar-refractivity contribution in [1.29, 1.82) is 0 Å². The average molecular weight is 209 g/mol. The second kappa shape index (κ2) is 4.11. The van der Waals surface area contributed by atoms with Crippen molar-refractivity contribution in [2.45, 2.75) is 26.3 Å². The lowest BCUT2D eigenvalue weighted by Crippen LogP contribution is -2.30. The molecular formula is C12H19NO2. The molecule has 0 aromatic heterocycles. The zero-order valence-electron chi connectivity index (χ0n) is 10.0. The SMILES string of the molecule is COc1cc(C)c(C(C)(C)N)c(OC)c1. The zero-order chi connectivity index (χ0) is 11.6. The summed E-state index contributed by atoms with van der Waals surface area (Å²) < 4.78 is 10.5. The minimum Gasteiger partial charge on any atom is -0.497 e. The molecule has 0 unspecified atom stereocenters. The molecule has 84 valence electrons. The first-order valence-electron chi connectivity index (χ1n) is 4.92. The predicted octanol–water partition coefficient (Wildman–Crippen LogP) is 2.21. The first-order valence-corrected chi connectivity index (χ1v) is 4.92. The van der Waals surface area contributed by atoms with Crippen LogP contribution in [0.4, 0.5) is 0 Å². The fraction of sp³-hybridized carbons (Fsp3) is 0.500. The van der Waals surface area contributed by atoms with Crippen LogP contribution in [0.25, 0.3) is 0 Å². The summed E-state index contributed by atoms with van der Waals surface area (Å²) in [5.41, 5.74) is 7.79. The lowest BCUT2D eigenvalue weighted by molar-refractivity contribution is 0.379. The van der Waals surface area contributed by atoms with E-state index < -0.39 is 5.54 Å². The predicted molar refractivity (Wildman–Crippen MR) is 61.5 cm³/mol. The van der Waals surface area contributed by atoms with Gasteiger partial charge >= 0.3 is 0 Å². The normalized spacial score (nSPS) is 11.3. The monoisotopic (exact) mass is 209 g/mol. The van der Waals surface area contributed by atoms with Gasteiger partial charge in [0, 0.05) is 17.2 Å². The molecule has 3 nitrogen and oxygen atoms in total. The summed E-state index contributed by atoms with van der Waals surface area (Å²) in [6.45, 7) is 5.93. The van der Waals surface area contributed by atoms with Crippen LogP contribution in [0.5, 0.6) is 11.5 Å². The standard InChI is InChI=1S/C12H19NO2/c1-8-6-9(14-4)7-10(15-5)11(8)12(2,3)13/h6-7H,13H2,1-5H3. The van der Waals surface area contributed by atoms with E-state index in [0.717, 1.165) is 22.6 Å². The van der Waals surface area contributed by atoms with Crippen LogP contribution in [0.2, 0.25) is 0 Å². The van der Waals surface area contributed by atoms with Crippen molar-refractivity contribution in [3.63, 3.8) is 0 Å². The number of hydrogen-bond acceptors (Lipinski definition) is 3. The summed E-state index contributed by atoms with van der Waals surface area (Å²) in [4.78, 5) is 0. The Labute approximate surface area is 91.2 Å². The van der Waals surface area contributed by atoms with Gasteiger partial charge in [-0.2, -0.15) is 0 Å². The fourth-order valence-corrected chi connectivity index (χ4v) is 1.83. The summed E-state index contributed by atoms with van der Waals surface area (Å²) in [6.07, 6.45) is 0. The summed E-state index contributed by atoms with van der Waals surface area (Å²) >= 11 is 0. The second-order valence-corrected chi connectivity index (χ2v) is 4.24. The van der Waals surface area contributed by atoms with Crippen molar-refractivity contribution in [3.8, 4) is 11.5 Å². The summed E-state index contributed by atoms with van der Waals surface area (Å²) in [6, 6.07) is 3.82. The Balaban J connectivity index is 3.38.